The van der Waals surface area contributed by atoms with Crippen LogP contribution in [0.2, 0.25) is 0 Å². The maximum absolute atomic E-state index is 11.8. The van der Waals surface area contributed by atoms with Gasteiger partial charge in [-0.25, -0.2) is 12.7 Å². The van der Waals surface area contributed by atoms with Crippen molar-refractivity contribution in [3.63, 3.8) is 0 Å². The van der Waals surface area contributed by atoms with Gasteiger partial charge in [0.25, 0.3) is 0 Å². The summed E-state index contributed by atoms with van der Waals surface area (Å²) >= 11 is 0. The van der Waals surface area contributed by atoms with Crippen molar-refractivity contribution in [1.29, 1.82) is 0 Å². The van der Waals surface area contributed by atoms with E-state index in [-0.39, 0.29) is 5.75 Å². The van der Waals surface area contributed by atoms with Crippen molar-refractivity contribution in [3.8, 4) is 0 Å². The number of nitrogens with one attached hydrogen (secondary N) is 1. The Hall–Kier alpha value is -0.130. The predicted molar refractivity (Wildman–Crippen MR) is 69.0 cm³/mol. The topological polar surface area (TPSA) is 49.4 Å². The van der Waals surface area contributed by atoms with Crippen LogP contribution < -0.4 is 5.32 Å². The standard InChI is InChI=1S/C11H26N2O2S/c1-10(2)6-8-13(5)16(14,15)9-7-12-11(3)4/h10-12H,6-9H2,1-5H3. The molecule has 0 unspecified atom stereocenters. The van der Waals surface area contributed by atoms with Gasteiger partial charge in [0, 0.05) is 26.2 Å². The first-order valence-corrected chi connectivity index (χ1v) is 7.54. The Kier molecular flexibility index (Phi) is 7.19. The number of hydrogen-bond acceptors (Lipinski definition) is 3. The fourth-order valence-corrected chi connectivity index (χ4v) is 2.28. The molecule has 0 spiro atoms. The van der Waals surface area contributed by atoms with Crippen molar-refractivity contribution >= 4 is 10.0 Å². The summed E-state index contributed by atoms with van der Waals surface area (Å²) in [6.45, 7) is 9.35. The van der Waals surface area contributed by atoms with E-state index in [0.29, 0.717) is 25.0 Å². The van der Waals surface area contributed by atoms with E-state index in [1.54, 1.807) is 7.05 Å². The van der Waals surface area contributed by atoms with E-state index >= 15 is 0 Å². The third-order valence-corrected chi connectivity index (χ3v) is 4.26. The van der Waals surface area contributed by atoms with E-state index in [1.807, 2.05) is 13.8 Å². The molecule has 0 bridgehead atoms. The minimum atomic E-state index is -3.08. The molecule has 0 saturated carbocycles. The van der Waals surface area contributed by atoms with Gasteiger partial charge in [0.05, 0.1) is 5.75 Å². The Bertz CT molecular complexity index is 274. The van der Waals surface area contributed by atoms with Crippen LogP contribution in [0.4, 0.5) is 0 Å². The van der Waals surface area contributed by atoms with E-state index in [1.165, 1.54) is 4.31 Å². The summed E-state index contributed by atoms with van der Waals surface area (Å²) in [5.74, 6) is 0.714. The highest BCUT2D eigenvalue weighted by molar-refractivity contribution is 7.89. The molecule has 0 radical (unpaired) electrons. The molecule has 0 aromatic carbocycles. The first-order valence-electron chi connectivity index (χ1n) is 5.93. The Morgan fingerprint density at radius 3 is 2.19 bits per heavy atom. The third-order valence-electron chi connectivity index (χ3n) is 2.41. The number of nitrogens with zero attached hydrogens (tertiary/aromatic N) is 1. The van der Waals surface area contributed by atoms with Crippen LogP contribution in [0, 0.1) is 5.92 Å². The highest BCUT2D eigenvalue weighted by Gasteiger charge is 2.17. The van der Waals surface area contributed by atoms with Crippen molar-refractivity contribution < 1.29 is 8.42 Å². The van der Waals surface area contributed by atoms with Crippen LogP contribution in [0.3, 0.4) is 0 Å². The molecule has 0 aliphatic heterocycles. The fraction of sp³-hybridized carbons (Fsp3) is 1.00. The molecule has 0 amide bonds. The fourth-order valence-electron chi connectivity index (χ4n) is 1.21. The summed E-state index contributed by atoms with van der Waals surface area (Å²) in [6.07, 6.45) is 0.910. The number of sulfonamides is 1. The number of rotatable bonds is 8. The lowest BCUT2D eigenvalue weighted by molar-refractivity contribution is 0.426. The van der Waals surface area contributed by atoms with Crippen molar-refractivity contribution in [1.82, 2.24) is 9.62 Å². The minimum Gasteiger partial charge on any atom is -0.313 e. The first kappa shape index (κ1) is 15.9. The van der Waals surface area contributed by atoms with E-state index in [9.17, 15) is 8.42 Å². The molecule has 0 heterocycles. The van der Waals surface area contributed by atoms with E-state index < -0.39 is 10.0 Å². The van der Waals surface area contributed by atoms with Crippen LogP contribution in [0.5, 0.6) is 0 Å². The third kappa shape index (κ3) is 7.19. The van der Waals surface area contributed by atoms with Crippen LogP contribution in [0.15, 0.2) is 0 Å². The molecule has 1 N–H and O–H groups in total. The lowest BCUT2D eigenvalue weighted by Crippen LogP contribution is -2.36. The monoisotopic (exact) mass is 250 g/mol. The molecule has 0 saturated heterocycles. The van der Waals surface area contributed by atoms with Crippen molar-refractivity contribution in [3.05, 3.63) is 0 Å². The van der Waals surface area contributed by atoms with Gasteiger partial charge in [-0.3, -0.25) is 0 Å². The van der Waals surface area contributed by atoms with Gasteiger partial charge in [0.1, 0.15) is 0 Å². The highest BCUT2D eigenvalue weighted by atomic mass is 32.2. The smallest absolute Gasteiger partial charge is 0.215 e. The van der Waals surface area contributed by atoms with Crippen LogP contribution >= 0.6 is 0 Å². The minimum absolute atomic E-state index is 0.180. The summed E-state index contributed by atoms with van der Waals surface area (Å²) in [6, 6.07) is 0.330. The molecule has 0 atom stereocenters. The maximum atomic E-state index is 11.8. The molecule has 0 rings (SSSR count). The van der Waals surface area contributed by atoms with Crippen LogP contribution in [-0.4, -0.2) is 44.7 Å². The Morgan fingerprint density at radius 1 is 1.19 bits per heavy atom. The van der Waals surface area contributed by atoms with Gasteiger partial charge in [-0.05, 0) is 12.3 Å². The lowest BCUT2D eigenvalue weighted by Gasteiger charge is -2.18. The summed E-state index contributed by atoms with van der Waals surface area (Å²) in [7, 11) is -1.42. The predicted octanol–water partition coefficient (Wildman–Crippen LogP) is 1.29. The zero-order valence-corrected chi connectivity index (χ0v) is 12.0. The van der Waals surface area contributed by atoms with Gasteiger partial charge in [0.15, 0.2) is 0 Å². The summed E-state index contributed by atoms with van der Waals surface area (Å²) < 4.78 is 25.1. The van der Waals surface area contributed by atoms with Gasteiger partial charge >= 0.3 is 0 Å². The van der Waals surface area contributed by atoms with Crippen LogP contribution in [-0.2, 0) is 10.0 Å². The molecule has 0 aliphatic rings. The average molecular weight is 250 g/mol. The molecule has 5 heteroatoms. The van der Waals surface area contributed by atoms with Crippen LogP contribution in [0.1, 0.15) is 34.1 Å². The Labute approximate surface area is 100 Å². The van der Waals surface area contributed by atoms with Gasteiger partial charge in [0.2, 0.25) is 10.0 Å². The Morgan fingerprint density at radius 2 is 1.75 bits per heavy atom. The summed E-state index contributed by atoms with van der Waals surface area (Å²) in [4.78, 5) is 0. The molecule has 98 valence electrons. The zero-order valence-electron chi connectivity index (χ0n) is 11.2. The van der Waals surface area contributed by atoms with Gasteiger partial charge in [-0.15, -0.1) is 0 Å². The molecule has 16 heavy (non-hydrogen) atoms. The van der Waals surface area contributed by atoms with Gasteiger partial charge < -0.3 is 5.32 Å². The highest BCUT2D eigenvalue weighted by Crippen LogP contribution is 2.04. The SMILES string of the molecule is CC(C)CCN(C)S(=O)(=O)CCNC(C)C. The average Bonchev–Trinajstić information content (AvgIpc) is 2.12. The van der Waals surface area contributed by atoms with Crippen molar-refractivity contribution in [2.45, 2.75) is 40.2 Å². The molecule has 4 nitrogen and oxygen atoms in total. The van der Waals surface area contributed by atoms with Gasteiger partial charge in [-0.2, -0.15) is 0 Å². The second kappa shape index (κ2) is 7.25. The first-order chi connectivity index (χ1) is 7.25. The summed E-state index contributed by atoms with van der Waals surface area (Å²) in [5.41, 5.74) is 0. The quantitative estimate of drug-likeness (QED) is 0.706. The van der Waals surface area contributed by atoms with Crippen LogP contribution in [0.25, 0.3) is 0 Å². The van der Waals surface area contributed by atoms with Crippen molar-refractivity contribution in [2.75, 3.05) is 25.9 Å². The van der Waals surface area contributed by atoms with E-state index in [0.717, 1.165) is 6.42 Å². The molecule has 0 fully saturated rings. The van der Waals surface area contributed by atoms with Crippen molar-refractivity contribution in [2.24, 2.45) is 5.92 Å². The summed E-state index contributed by atoms with van der Waals surface area (Å²) in [5, 5.41) is 3.12. The second-order valence-corrected chi connectivity index (χ2v) is 7.12. The molecular formula is C11H26N2O2S. The molecule has 0 aromatic rings. The Balaban J connectivity index is 4.01. The van der Waals surface area contributed by atoms with E-state index in [2.05, 4.69) is 19.2 Å². The molecule has 0 aromatic heterocycles. The normalized spacial score (nSPS) is 13.0. The number of hydrogen-bond donors (Lipinski definition) is 1. The molecular weight excluding hydrogens is 224 g/mol. The zero-order chi connectivity index (χ0) is 12.8. The largest absolute Gasteiger partial charge is 0.313 e. The van der Waals surface area contributed by atoms with Gasteiger partial charge in [-0.1, -0.05) is 27.7 Å². The van der Waals surface area contributed by atoms with E-state index in [4.69, 9.17) is 0 Å². The molecule has 0 aliphatic carbocycles. The maximum Gasteiger partial charge on any atom is 0.215 e. The lowest BCUT2D eigenvalue weighted by atomic mass is 10.1. The second-order valence-electron chi connectivity index (χ2n) is 4.93.